The number of hydrogen-bond donors (Lipinski definition) is 0. The second-order valence-electron chi connectivity index (χ2n) is 3.22. The van der Waals surface area contributed by atoms with E-state index in [1.807, 2.05) is 0 Å². The van der Waals surface area contributed by atoms with E-state index in [-0.39, 0.29) is 0 Å². The Morgan fingerprint density at radius 3 is 1.57 bits per heavy atom. The van der Waals surface area contributed by atoms with E-state index >= 15 is 0 Å². The van der Waals surface area contributed by atoms with Gasteiger partial charge in [0.05, 0.1) is 0 Å². The van der Waals surface area contributed by atoms with Crippen LogP contribution < -0.4 is 0 Å². The Morgan fingerprint density at radius 2 is 1.57 bits per heavy atom. The lowest BCUT2D eigenvalue weighted by atomic mass is 10.1. The van der Waals surface area contributed by atoms with Gasteiger partial charge in [0.1, 0.15) is 0 Å². The van der Waals surface area contributed by atoms with Crippen LogP contribution in [0.15, 0.2) is 0 Å². The Morgan fingerprint density at radius 1 is 1.43 bits per heavy atom. The predicted molar refractivity (Wildman–Crippen MR) is 31.8 cm³/mol. The van der Waals surface area contributed by atoms with Crippen molar-refractivity contribution in [3.8, 4) is 0 Å². The summed E-state index contributed by atoms with van der Waals surface area (Å²) in [5, 5.41) is 0. The molecule has 0 N–H and O–H groups in total. The summed E-state index contributed by atoms with van der Waals surface area (Å²) in [5.74, 6) is 1.57. The molecule has 0 saturated heterocycles. The summed E-state index contributed by atoms with van der Waals surface area (Å²) in [5.41, 5.74) is 0.556. The van der Waals surface area contributed by atoms with Crippen LogP contribution in [0.4, 0.5) is 0 Å². The molecule has 0 heterocycles. The van der Waals surface area contributed by atoms with Gasteiger partial charge < -0.3 is 0 Å². The first-order chi connectivity index (χ1) is 3.07. The fraction of sp³-hybridized carbons (Fsp3) is 0.857. The van der Waals surface area contributed by atoms with Crippen LogP contribution in [0, 0.1) is 24.2 Å². The molecule has 1 radical (unpaired) electrons. The van der Waals surface area contributed by atoms with Crippen LogP contribution in [0.3, 0.4) is 0 Å². The molecular formula is C7H13. The van der Waals surface area contributed by atoms with Crippen LogP contribution in [0.5, 0.6) is 0 Å². The van der Waals surface area contributed by atoms with Crippen molar-refractivity contribution in [2.45, 2.75) is 20.8 Å². The number of rotatable bonds is 0. The van der Waals surface area contributed by atoms with E-state index < -0.39 is 0 Å². The second-order valence-corrected chi connectivity index (χ2v) is 3.22. The molecule has 1 rings (SSSR count). The summed E-state index contributed by atoms with van der Waals surface area (Å²) < 4.78 is 0. The van der Waals surface area contributed by atoms with Crippen LogP contribution in [0.25, 0.3) is 0 Å². The minimum Gasteiger partial charge on any atom is -0.0617 e. The van der Waals surface area contributed by atoms with Crippen molar-refractivity contribution in [2.24, 2.45) is 17.3 Å². The summed E-state index contributed by atoms with van der Waals surface area (Å²) in [4.78, 5) is 0. The van der Waals surface area contributed by atoms with Gasteiger partial charge in [0, 0.05) is 0 Å². The second kappa shape index (κ2) is 1.04. The van der Waals surface area contributed by atoms with Gasteiger partial charge in [0.2, 0.25) is 0 Å². The monoisotopic (exact) mass is 97.1 g/mol. The zero-order valence-electron chi connectivity index (χ0n) is 5.36. The Balaban J connectivity index is 2.52. The zero-order valence-corrected chi connectivity index (χ0v) is 5.36. The average molecular weight is 97.2 g/mol. The van der Waals surface area contributed by atoms with Crippen molar-refractivity contribution in [1.29, 1.82) is 0 Å². The molecular weight excluding hydrogens is 84.1 g/mol. The summed E-state index contributed by atoms with van der Waals surface area (Å²) in [7, 11) is 0. The standard InChI is InChI=1S/C7H13/c1-5-6(2)7(5,3)4/h5-6H,1H2,2-4H3. The van der Waals surface area contributed by atoms with Gasteiger partial charge >= 0.3 is 0 Å². The van der Waals surface area contributed by atoms with E-state index in [1.54, 1.807) is 0 Å². The molecule has 0 aromatic rings. The van der Waals surface area contributed by atoms with Gasteiger partial charge in [0.15, 0.2) is 0 Å². The molecule has 0 amide bonds. The lowest BCUT2D eigenvalue weighted by Gasteiger charge is -1.94. The van der Waals surface area contributed by atoms with E-state index in [2.05, 4.69) is 27.7 Å². The maximum Gasteiger partial charge on any atom is -0.0295 e. The molecule has 0 aromatic heterocycles. The van der Waals surface area contributed by atoms with Crippen LogP contribution in [0.1, 0.15) is 20.8 Å². The third-order valence-electron chi connectivity index (χ3n) is 2.62. The minimum atomic E-state index is 0.556. The Kier molecular flexibility index (Phi) is 0.765. The molecule has 0 heteroatoms. The Bertz CT molecular complexity index is 72.0. The van der Waals surface area contributed by atoms with Gasteiger partial charge in [-0.2, -0.15) is 0 Å². The van der Waals surface area contributed by atoms with Crippen LogP contribution >= 0.6 is 0 Å². The highest BCUT2D eigenvalue weighted by Gasteiger charge is 2.50. The highest BCUT2D eigenvalue weighted by molar-refractivity contribution is 5.03. The quantitative estimate of drug-likeness (QED) is 0.434. The molecule has 0 bridgehead atoms. The first-order valence-corrected chi connectivity index (χ1v) is 2.90. The summed E-state index contributed by atoms with van der Waals surface area (Å²) in [6.07, 6.45) is 0. The first kappa shape index (κ1) is 5.14. The molecule has 0 spiro atoms. The van der Waals surface area contributed by atoms with Gasteiger partial charge in [-0.3, -0.25) is 0 Å². The zero-order chi connectivity index (χ0) is 5.65. The summed E-state index contributed by atoms with van der Waals surface area (Å²) in [6.45, 7) is 10.8. The molecule has 41 valence electrons. The van der Waals surface area contributed by atoms with Crippen LogP contribution in [0.2, 0.25) is 0 Å². The van der Waals surface area contributed by atoms with Gasteiger partial charge in [-0.05, 0) is 24.2 Å². The molecule has 0 nitrogen and oxygen atoms in total. The Hall–Kier alpha value is 0. The van der Waals surface area contributed by atoms with Crippen molar-refractivity contribution in [2.75, 3.05) is 0 Å². The molecule has 1 fully saturated rings. The summed E-state index contributed by atoms with van der Waals surface area (Å²) >= 11 is 0. The third kappa shape index (κ3) is 0.490. The fourth-order valence-corrected chi connectivity index (χ4v) is 1.02. The van der Waals surface area contributed by atoms with E-state index in [9.17, 15) is 0 Å². The largest absolute Gasteiger partial charge is 0.0617 e. The molecule has 0 aliphatic heterocycles. The maximum atomic E-state index is 3.98. The van der Waals surface area contributed by atoms with Crippen molar-refractivity contribution < 1.29 is 0 Å². The van der Waals surface area contributed by atoms with Crippen molar-refractivity contribution in [3.05, 3.63) is 6.92 Å². The van der Waals surface area contributed by atoms with Crippen LogP contribution in [-0.2, 0) is 0 Å². The first-order valence-electron chi connectivity index (χ1n) is 2.90. The van der Waals surface area contributed by atoms with Gasteiger partial charge in [-0.25, -0.2) is 0 Å². The van der Waals surface area contributed by atoms with Crippen molar-refractivity contribution >= 4 is 0 Å². The van der Waals surface area contributed by atoms with E-state index in [1.165, 1.54) is 0 Å². The SMILES string of the molecule is [CH2]C1C(C)C1(C)C. The normalized spacial score (nSPS) is 46.3. The fourth-order valence-electron chi connectivity index (χ4n) is 1.02. The number of hydrogen-bond acceptors (Lipinski definition) is 0. The third-order valence-corrected chi connectivity index (χ3v) is 2.62. The van der Waals surface area contributed by atoms with Gasteiger partial charge in [-0.15, -0.1) is 0 Å². The molecule has 0 aromatic carbocycles. The molecule has 1 aliphatic rings. The predicted octanol–water partition coefficient (Wildman–Crippen LogP) is 2.11. The van der Waals surface area contributed by atoms with E-state index in [0.717, 1.165) is 5.92 Å². The average Bonchev–Trinajstić information content (AvgIpc) is 1.91. The molecule has 1 aliphatic carbocycles. The Labute approximate surface area is 45.9 Å². The van der Waals surface area contributed by atoms with Gasteiger partial charge in [-0.1, -0.05) is 20.8 Å². The molecule has 1 saturated carbocycles. The molecule has 2 unspecified atom stereocenters. The topological polar surface area (TPSA) is 0 Å². The van der Waals surface area contributed by atoms with Crippen molar-refractivity contribution in [3.63, 3.8) is 0 Å². The molecule has 7 heavy (non-hydrogen) atoms. The highest BCUT2D eigenvalue weighted by Crippen LogP contribution is 2.56. The van der Waals surface area contributed by atoms with Crippen molar-refractivity contribution in [1.82, 2.24) is 0 Å². The van der Waals surface area contributed by atoms with Crippen LogP contribution in [-0.4, -0.2) is 0 Å². The highest BCUT2D eigenvalue weighted by atomic mass is 14.6. The summed E-state index contributed by atoms with van der Waals surface area (Å²) in [6, 6.07) is 0. The minimum absolute atomic E-state index is 0.556. The van der Waals surface area contributed by atoms with E-state index in [4.69, 9.17) is 0 Å². The van der Waals surface area contributed by atoms with E-state index in [0.29, 0.717) is 11.3 Å². The lowest BCUT2D eigenvalue weighted by Crippen LogP contribution is -1.85. The van der Waals surface area contributed by atoms with Gasteiger partial charge in [0.25, 0.3) is 0 Å². The smallest absolute Gasteiger partial charge is 0.0295 e. The maximum absolute atomic E-state index is 3.98. The molecule has 2 atom stereocenters. The lowest BCUT2D eigenvalue weighted by molar-refractivity contribution is 0.569.